The van der Waals surface area contributed by atoms with Crippen LogP contribution in [0.25, 0.3) is 5.65 Å². The van der Waals surface area contributed by atoms with Crippen molar-refractivity contribution in [3.8, 4) is 23.0 Å². The molecule has 13 nitrogen and oxygen atoms in total. The van der Waals surface area contributed by atoms with Crippen LogP contribution in [-0.4, -0.2) is 55.5 Å². The van der Waals surface area contributed by atoms with Gasteiger partial charge in [-0.2, -0.15) is 4.31 Å². The Balaban J connectivity index is 1.32. The topological polar surface area (TPSA) is 147 Å². The highest BCUT2D eigenvalue weighted by molar-refractivity contribution is 7.89. The molecule has 1 aliphatic rings. The maximum atomic E-state index is 14.4. The molecule has 0 aliphatic heterocycles. The number of sulfonamides is 1. The number of nitrogens with one attached hydrogen (secondary N) is 1. The lowest BCUT2D eigenvalue weighted by Crippen LogP contribution is -2.31. The molecule has 2 aromatic heterocycles. The number of fused-ring (bicyclic) bond motifs is 1. The number of anilines is 1. The van der Waals surface area contributed by atoms with Gasteiger partial charge in [0, 0.05) is 60.5 Å². The van der Waals surface area contributed by atoms with E-state index in [-0.39, 0.29) is 19.6 Å². The van der Waals surface area contributed by atoms with E-state index in [0.29, 0.717) is 45.7 Å². The highest BCUT2D eigenvalue weighted by Gasteiger charge is 2.33. The number of methoxy groups -OCH3 is 4. The summed E-state index contributed by atoms with van der Waals surface area (Å²) in [5.41, 5.74) is 3.68. The van der Waals surface area contributed by atoms with E-state index in [1.807, 2.05) is 16.7 Å². The van der Waals surface area contributed by atoms with E-state index in [4.69, 9.17) is 18.9 Å². The molecule has 0 unspecified atom stereocenters. The Bertz CT molecular complexity index is 2060. The molecule has 1 fully saturated rings. The number of nitrogens with zero attached hydrogens (tertiary/aromatic N) is 4. The summed E-state index contributed by atoms with van der Waals surface area (Å²) in [6.45, 7) is -0.0548. The van der Waals surface area contributed by atoms with Gasteiger partial charge in [-0.3, -0.25) is 10.1 Å². The highest BCUT2D eigenvalue weighted by atomic mass is 32.2. The molecule has 0 atom stereocenters. The molecular formula is C35H37N5O8S. The van der Waals surface area contributed by atoms with E-state index in [1.165, 1.54) is 65.0 Å². The molecule has 1 N–H and O–H groups in total. The van der Waals surface area contributed by atoms with Crippen molar-refractivity contribution in [3.63, 3.8) is 0 Å². The van der Waals surface area contributed by atoms with Gasteiger partial charge < -0.3 is 28.7 Å². The van der Waals surface area contributed by atoms with Gasteiger partial charge in [0.25, 0.3) is 15.7 Å². The summed E-state index contributed by atoms with van der Waals surface area (Å²) in [4.78, 5) is 15.9. The third kappa shape index (κ3) is 7.25. The van der Waals surface area contributed by atoms with E-state index in [2.05, 4.69) is 22.6 Å². The molecule has 49 heavy (non-hydrogen) atoms. The second kappa shape index (κ2) is 14.0. The van der Waals surface area contributed by atoms with Crippen molar-refractivity contribution in [2.45, 2.75) is 43.3 Å². The predicted molar refractivity (Wildman–Crippen MR) is 183 cm³/mol. The molecule has 6 rings (SSSR count). The van der Waals surface area contributed by atoms with Crippen LogP contribution in [0.1, 0.15) is 41.1 Å². The van der Waals surface area contributed by atoms with Crippen LogP contribution in [0.3, 0.4) is 0 Å². The Kier molecular flexibility index (Phi) is 9.60. The third-order valence-corrected chi connectivity index (χ3v) is 10.3. The summed E-state index contributed by atoms with van der Waals surface area (Å²) in [6.07, 6.45) is 6.40. The zero-order valence-corrected chi connectivity index (χ0v) is 28.4. The number of hydrogen-bond donors (Lipinski definition) is 1. The van der Waals surface area contributed by atoms with Gasteiger partial charge in [-0.05, 0) is 54.7 Å². The average molecular weight is 688 g/mol. The van der Waals surface area contributed by atoms with E-state index in [9.17, 15) is 18.5 Å². The van der Waals surface area contributed by atoms with Gasteiger partial charge in [-0.25, -0.2) is 13.4 Å². The minimum atomic E-state index is -4.49. The van der Waals surface area contributed by atoms with Crippen molar-refractivity contribution < 1.29 is 32.3 Å². The zero-order chi connectivity index (χ0) is 34.7. The lowest BCUT2D eigenvalue weighted by atomic mass is 10.1. The SMILES string of the molecule is COc1ccc(CN(Cc2ccc(OC)cc2OC)S(=O)(=O)c2ccc(NCc3cn4cc(C5CC5)ccc4n3)cc2[N+](=O)[O-])c(OC)c1. The van der Waals surface area contributed by atoms with Gasteiger partial charge in [-0.1, -0.05) is 18.2 Å². The van der Waals surface area contributed by atoms with Crippen molar-refractivity contribution in [1.82, 2.24) is 13.7 Å². The summed E-state index contributed by atoms with van der Waals surface area (Å²) in [5, 5.41) is 15.6. The minimum Gasteiger partial charge on any atom is -0.497 e. The lowest BCUT2D eigenvalue weighted by molar-refractivity contribution is -0.387. The standard InChI is InChI=1S/C35H37N5O8S/c1-45-29-11-7-25(32(16-29)47-3)20-39(21-26-8-12-30(46-2)17-33(26)48-4)49(43,44)34-13-10-27(15-31(34)40(41)42)36-18-28-22-38-19-24(23-5-6-23)9-14-35(38)37-28/h7-17,19,22-23,36H,5-6,18,20-21H2,1-4H3. The number of nitro groups is 1. The number of ether oxygens (including phenoxy) is 4. The maximum absolute atomic E-state index is 14.4. The molecule has 0 bridgehead atoms. The molecule has 0 saturated heterocycles. The van der Waals surface area contributed by atoms with Gasteiger partial charge >= 0.3 is 0 Å². The highest BCUT2D eigenvalue weighted by Crippen LogP contribution is 2.40. The minimum absolute atomic E-state index is 0.168. The molecule has 1 saturated carbocycles. The molecule has 0 amide bonds. The fourth-order valence-electron chi connectivity index (χ4n) is 5.70. The van der Waals surface area contributed by atoms with Gasteiger partial charge in [0.1, 0.15) is 28.6 Å². The van der Waals surface area contributed by atoms with Crippen molar-refractivity contribution in [3.05, 3.63) is 112 Å². The van der Waals surface area contributed by atoms with Crippen LogP contribution in [0.2, 0.25) is 0 Å². The Morgan fingerprint density at radius 3 is 2.04 bits per heavy atom. The molecule has 5 aromatic rings. The van der Waals surface area contributed by atoms with Crippen molar-refractivity contribution in [2.24, 2.45) is 0 Å². The first-order valence-electron chi connectivity index (χ1n) is 15.5. The fourth-order valence-corrected chi connectivity index (χ4v) is 7.23. The second-order valence-corrected chi connectivity index (χ2v) is 13.6. The largest absolute Gasteiger partial charge is 0.497 e. The van der Waals surface area contributed by atoms with Gasteiger partial charge in [0.2, 0.25) is 0 Å². The third-order valence-electron chi connectivity index (χ3n) is 8.50. The smallest absolute Gasteiger partial charge is 0.291 e. The summed E-state index contributed by atoms with van der Waals surface area (Å²) < 4.78 is 53.7. The Morgan fingerprint density at radius 1 is 0.857 bits per heavy atom. The van der Waals surface area contributed by atoms with Crippen molar-refractivity contribution in [1.29, 1.82) is 0 Å². The quantitative estimate of drug-likeness (QED) is 0.100. The summed E-state index contributed by atoms with van der Waals surface area (Å²) in [7, 11) is 1.48. The van der Waals surface area contributed by atoms with Crippen LogP contribution < -0.4 is 24.3 Å². The summed E-state index contributed by atoms with van der Waals surface area (Å²) >= 11 is 0. The predicted octanol–water partition coefficient (Wildman–Crippen LogP) is 6.16. The first kappa shape index (κ1) is 33.6. The van der Waals surface area contributed by atoms with Crippen LogP contribution in [0.4, 0.5) is 11.4 Å². The Labute approximate surface area is 284 Å². The molecule has 256 valence electrons. The van der Waals surface area contributed by atoms with Gasteiger partial charge in [-0.15, -0.1) is 0 Å². The number of hydrogen-bond acceptors (Lipinski definition) is 10. The molecule has 2 heterocycles. The number of nitro benzene ring substituents is 1. The zero-order valence-electron chi connectivity index (χ0n) is 27.6. The van der Waals surface area contributed by atoms with Crippen molar-refractivity contribution in [2.75, 3.05) is 33.8 Å². The van der Waals surface area contributed by atoms with E-state index < -0.39 is 25.5 Å². The molecule has 14 heteroatoms. The van der Waals surface area contributed by atoms with Crippen LogP contribution in [0, 0.1) is 10.1 Å². The molecule has 3 aromatic carbocycles. The Hall–Kier alpha value is -5.34. The second-order valence-electron chi connectivity index (χ2n) is 11.7. The molecule has 0 radical (unpaired) electrons. The Morgan fingerprint density at radius 2 is 1.49 bits per heavy atom. The maximum Gasteiger partial charge on any atom is 0.291 e. The first-order chi connectivity index (χ1) is 23.6. The first-order valence-corrected chi connectivity index (χ1v) is 17.0. The number of imidazole rings is 1. The fraction of sp³-hybridized carbons (Fsp3) is 0.286. The van der Waals surface area contributed by atoms with Gasteiger partial charge in [0.05, 0.1) is 45.6 Å². The lowest BCUT2D eigenvalue weighted by Gasteiger charge is -2.24. The van der Waals surface area contributed by atoms with E-state index in [0.717, 1.165) is 15.6 Å². The molecular weight excluding hydrogens is 650 g/mol. The van der Waals surface area contributed by atoms with Crippen LogP contribution in [-0.2, 0) is 29.7 Å². The van der Waals surface area contributed by atoms with Gasteiger partial charge in [0.15, 0.2) is 4.90 Å². The monoisotopic (exact) mass is 687 g/mol. The van der Waals surface area contributed by atoms with Crippen LogP contribution >= 0.6 is 0 Å². The molecule has 1 aliphatic carbocycles. The van der Waals surface area contributed by atoms with Crippen LogP contribution in [0.15, 0.2) is 84.0 Å². The van der Waals surface area contributed by atoms with E-state index in [1.54, 1.807) is 36.4 Å². The number of aromatic nitrogens is 2. The number of pyridine rings is 1. The normalized spacial score (nSPS) is 13.0. The van der Waals surface area contributed by atoms with Crippen LogP contribution in [0.5, 0.6) is 23.0 Å². The summed E-state index contributed by atoms with van der Waals surface area (Å²) in [5.74, 6) is 2.45. The van der Waals surface area contributed by atoms with E-state index >= 15 is 0 Å². The number of benzene rings is 3. The summed E-state index contributed by atoms with van der Waals surface area (Å²) in [6, 6.07) is 18.1. The van der Waals surface area contributed by atoms with Crippen molar-refractivity contribution >= 4 is 27.0 Å². The molecule has 0 spiro atoms. The average Bonchev–Trinajstić information content (AvgIpc) is 3.89. The number of rotatable bonds is 15.